The lowest BCUT2D eigenvalue weighted by atomic mass is 10.1. The van der Waals surface area contributed by atoms with Gasteiger partial charge < -0.3 is 9.84 Å². The Kier molecular flexibility index (Phi) is 5.83. The summed E-state index contributed by atoms with van der Waals surface area (Å²) in [4.78, 5) is 43.6. The lowest BCUT2D eigenvalue weighted by Gasteiger charge is -2.16. The maximum absolute atomic E-state index is 13.4. The topological polar surface area (TPSA) is 112 Å². The number of hydrogen-bond donors (Lipinski definition) is 1. The van der Waals surface area contributed by atoms with Gasteiger partial charge in [0.2, 0.25) is 17.6 Å². The molecule has 0 fully saturated rings. The molecule has 3 aromatic rings. The molecule has 0 aliphatic carbocycles. The Balaban J connectivity index is 1.79. The number of benzene rings is 1. The Labute approximate surface area is 178 Å². The van der Waals surface area contributed by atoms with Crippen LogP contribution >= 0.6 is 0 Å². The fourth-order valence-corrected chi connectivity index (χ4v) is 3.88. The van der Waals surface area contributed by atoms with E-state index in [1.807, 2.05) is 32.0 Å². The summed E-state index contributed by atoms with van der Waals surface area (Å²) in [7, 11) is 0. The zero-order chi connectivity index (χ0) is 22.0. The third-order valence-corrected chi connectivity index (χ3v) is 5.55. The molecule has 162 valence electrons. The minimum absolute atomic E-state index is 0.167. The molecule has 0 atom stereocenters. The number of fused-ring (bicyclic) bond motifs is 1. The third-order valence-electron chi connectivity index (χ3n) is 5.55. The quantitative estimate of drug-likeness (QED) is 0.674. The highest BCUT2D eigenvalue weighted by Gasteiger charge is 2.25. The van der Waals surface area contributed by atoms with Crippen molar-refractivity contribution in [1.82, 2.24) is 19.3 Å². The van der Waals surface area contributed by atoms with Crippen molar-refractivity contribution in [2.24, 2.45) is 0 Å². The van der Waals surface area contributed by atoms with Gasteiger partial charge >= 0.3 is 5.69 Å². The number of rotatable bonds is 5. The van der Waals surface area contributed by atoms with Crippen molar-refractivity contribution in [3.63, 3.8) is 0 Å². The molecule has 1 aromatic carbocycles. The third kappa shape index (κ3) is 4.08. The van der Waals surface area contributed by atoms with Gasteiger partial charge in [0.15, 0.2) is 0 Å². The second kappa shape index (κ2) is 8.71. The van der Waals surface area contributed by atoms with Crippen LogP contribution in [0.15, 0.2) is 38.4 Å². The summed E-state index contributed by atoms with van der Waals surface area (Å²) >= 11 is 0. The van der Waals surface area contributed by atoms with Crippen LogP contribution in [0.1, 0.15) is 43.3 Å². The van der Waals surface area contributed by atoms with Gasteiger partial charge in [-0.25, -0.2) is 4.79 Å². The zero-order valence-corrected chi connectivity index (χ0v) is 17.7. The van der Waals surface area contributed by atoms with E-state index < -0.39 is 23.7 Å². The van der Waals surface area contributed by atoms with Crippen LogP contribution in [0.25, 0.3) is 11.4 Å². The molecule has 0 spiro atoms. The molecule has 0 radical (unpaired) electrons. The van der Waals surface area contributed by atoms with Crippen LogP contribution in [0.4, 0.5) is 5.69 Å². The van der Waals surface area contributed by atoms with Crippen molar-refractivity contribution in [3.8, 4) is 11.4 Å². The van der Waals surface area contributed by atoms with Crippen molar-refractivity contribution >= 4 is 11.6 Å². The van der Waals surface area contributed by atoms with Gasteiger partial charge in [0.1, 0.15) is 12.1 Å². The Morgan fingerprint density at radius 1 is 1.19 bits per heavy atom. The van der Waals surface area contributed by atoms with Gasteiger partial charge in [0.25, 0.3) is 5.56 Å². The van der Waals surface area contributed by atoms with Crippen LogP contribution in [-0.4, -0.2) is 25.2 Å². The molecule has 9 nitrogen and oxygen atoms in total. The van der Waals surface area contributed by atoms with Gasteiger partial charge in [0.05, 0.1) is 0 Å². The number of nitrogens with one attached hydrogen (secondary N) is 1. The molecule has 1 aliphatic rings. The fourth-order valence-electron chi connectivity index (χ4n) is 3.88. The molecule has 0 bridgehead atoms. The number of amides is 1. The molecule has 4 rings (SSSR count). The molecule has 2 aromatic heterocycles. The second-order valence-corrected chi connectivity index (χ2v) is 7.69. The van der Waals surface area contributed by atoms with Crippen LogP contribution in [0.3, 0.4) is 0 Å². The normalized spacial score (nSPS) is 13.5. The number of hydrogen-bond acceptors (Lipinski definition) is 6. The Bertz CT molecular complexity index is 1240. The highest BCUT2D eigenvalue weighted by Crippen LogP contribution is 2.21. The van der Waals surface area contributed by atoms with Crippen LogP contribution in [0.5, 0.6) is 0 Å². The smallest absolute Gasteiger partial charge is 0.331 e. The van der Waals surface area contributed by atoms with E-state index in [0.717, 1.165) is 29.4 Å². The summed E-state index contributed by atoms with van der Waals surface area (Å²) in [6.45, 7) is 3.84. The minimum atomic E-state index is -0.568. The molecule has 1 amide bonds. The van der Waals surface area contributed by atoms with E-state index in [2.05, 4.69) is 15.5 Å². The summed E-state index contributed by atoms with van der Waals surface area (Å²) in [6, 6.07) is 7.33. The standard InChI is InChI=1S/C22H25N5O4/c1-3-18-24-20(25-31-18)19-16-11-5-4-8-12-26(16)22(30)27(21(19)29)13-17(28)23-15-10-7-6-9-14(15)2/h6-7,9-10H,3-5,8,11-13H2,1-2H3,(H,23,28). The summed E-state index contributed by atoms with van der Waals surface area (Å²) in [5.74, 6) is 0.133. The molecule has 31 heavy (non-hydrogen) atoms. The molecule has 3 heterocycles. The molecule has 9 heteroatoms. The van der Waals surface area contributed by atoms with E-state index in [1.165, 1.54) is 0 Å². The summed E-state index contributed by atoms with van der Waals surface area (Å²) in [5.41, 5.74) is 1.34. The van der Waals surface area contributed by atoms with E-state index in [-0.39, 0.29) is 11.4 Å². The van der Waals surface area contributed by atoms with Crippen molar-refractivity contribution in [2.45, 2.75) is 59.0 Å². The Morgan fingerprint density at radius 3 is 2.74 bits per heavy atom. The maximum atomic E-state index is 13.4. The van der Waals surface area contributed by atoms with Crippen LogP contribution in [0, 0.1) is 6.92 Å². The summed E-state index contributed by atoms with van der Waals surface area (Å²) in [5, 5.41) is 6.75. The number of aromatic nitrogens is 4. The van der Waals surface area contributed by atoms with E-state index in [1.54, 1.807) is 10.6 Å². The number of carbonyl (C=O) groups is 1. The summed E-state index contributed by atoms with van der Waals surface area (Å²) in [6.07, 6.45) is 3.75. The first kappa shape index (κ1) is 20.8. The summed E-state index contributed by atoms with van der Waals surface area (Å²) < 4.78 is 7.77. The number of anilines is 1. The highest BCUT2D eigenvalue weighted by molar-refractivity contribution is 5.91. The SMILES string of the molecule is CCc1nc(-c2c3n(c(=O)n(CC(=O)Nc4ccccc4C)c2=O)CCCCC3)no1. The van der Waals surface area contributed by atoms with E-state index in [9.17, 15) is 14.4 Å². The largest absolute Gasteiger partial charge is 0.339 e. The predicted octanol–water partition coefficient (Wildman–Crippen LogP) is 2.30. The average Bonchev–Trinajstić information content (AvgIpc) is 3.09. The molecule has 1 aliphatic heterocycles. The lowest BCUT2D eigenvalue weighted by Crippen LogP contribution is -2.44. The monoisotopic (exact) mass is 423 g/mol. The zero-order valence-electron chi connectivity index (χ0n) is 17.7. The average molecular weight is 423 g/mol. The minimum Gasteiger partial charge on any atom is -0.339 e. The second-order valence-electron chi connectivity index (χ2n) is 7.69. The van der Waals surface area contributed by atoms with Gasteiger partial charge in [0, 0.05) is 24.3 Å². The molecule has 0 saturated carbocycles. The van der Waals surface area contributed by atoms with E-state index >= 15 is 0 Å². The first-order chi connectivity index (χ1) is 15.0. The number of para-hydroxylation sites is 1. The van der Waals surface area contributed by atoms with Gasteiger partial charge in [-0.2, -0.15) is 4.98 Å². The lowest BCUT2D eigenvalue weighted by molar-refractivity contribution is -0.116. The molecule has 1 N–H and O–H groups in total. The van der Waals surface area contributed by atoms with Crippen molar-refractivity contribution in [3.05, 3.63) is 62.3 Å². The van der Waals surface area contributed by atoms with Gasteiger partial charge in [-0.3, -0.25) is 18.7 Å². The van der Waals surface area contributed by atoms with Crippen molar-refractivity contribution in [1.29, 1.82) is 0 Å². The first-order valence-electron chi connectivity index (χ1n) is 10.5. The number of aryl methyl sites for hydroxylation is 2. The van der Waals surface area contributed by atoms with Gasteiger partial charge in [-0.1, -0.05) is 36.7 Å². The van der Waals surface area contributed by atoms with E-state index in [0.29, 0.717) is 36.7 Å². The van der Waals surface area contributed by atoms with Crippen molar-refractivity contribution in [2.75, 3.05) is 5.32 Å². The number of carbonyl (C=O) groups excluding carboxylic acids is 1. The van der Waals surface area contributed by atoms with Gasteiger partial charge in [-0.05, 0) is 37.8 Å². The fraction of sp³-hybridized carbons (Fsp3) is 0.409. The Morgan fingerprint density at radius 2 is 2.00 bits per heavy atom. The van der Waals surface area contributed by atoms with Crippen LogP contribution in [-0.2, 0) is 30.7 Å². The highest BCUT2D eigenvalue weighted by atomic mass is 16.5. The molecular weight excluding hydrogens is 398 g/mol. The number of nitrogens with zero attached hydrogens (tertiary/aromatic N) is 4. The van der Waals surface area contributed by atoms with Crippen molar-refractivity contribution < 1.29 is 9.32 Å². The van der Waals surface area contributed by atoms with E-state index in [4.69, 9.17) is 4.52 Å². The predicted molar refractivity (Wildman–Crippen MR) is 115 cm³/mol. The molecule has 0 saturated heterocycles. The van der Waals surface area contributed by atoms with Crippen LogP contribution in [0.2, 0.25) is 0 Å². The maximum Gasteiger partial charge on any atom is 0.331 e. The molecule has 0 unspecified atom stereocenters. The Hall–Kier alpha value is -3.49. The first-order valence-corrected chi connectivity index (χ1v) is 10.5. The van der Waals surface area contributed by atoms with Crippen LogP contribution < -0.4 is 16.6 Å². The molecular formula is C22H25N5O4. The van der Waals surface area contributed by atoms with Gasteiger partial charge in [-0.15, -0.1) is 0 Å².